The summed E-state index contributed by atoms with van der Waals surface area (Å²) in [6, 6.07) is 12.9. The van der Waals surface area contributed by atoms with Crippen LogP contribution in [-0.2, 0) is 11.4 Å². The average Bonchev–Trinajstić information content (AvgIpc) is 2.93. The van der Waals surface area contributed by atoms with Gasteiger partial charge in [-0.3, -0.25) is 20.3 Å². The molecule has 0 unspecified atom stereocenters. The van der Waals surface area contributed by atoms with Crippen molar-refractivity contribution >= 4 is 23.2 Å². The van der Waals surface area contributed by atoms with E-state index in [9.17, 15) is 20.5 Å². The molecular formula is C23H17N4O4S+. The molecule has 2 heterocycles. The molecular weight excluding hydrogens is 428 g/mol. The van der Waals surface area contributed by atoms with Crippen LogP contribution in [0.3, 0.4) is 0 Å². The lowest BCUT2D eigenvalue weighted by Crippen LogP contribution is -2.44. The van der Waals surface area contributed by atoms with Crippen LogP contribution in [0, 0.1) is 15.3 Å². The molecule has 5 rings (SSSR count). The lowest BCUT2D eigenvalue weighted by Gasteiger charge is -2.26. The Morgan fingerprint density at radius 1 is 1.09 bits per heavy atom. The largest absolute Gasteiger partial charge is 0.417 e. The van der Waals surface area contributed by atoms with Crippen molar-refractivity contribution in [2.24, 2.45) is 0 Å². The molecule has 1 aliphatic heterocycles. The number of pyridine rings is 1. The van der Waals surface area contributed by atoms with Crippen molar-refractivity contribution in [3.05, 3.63) is 128 Å². The van der Waals surface area contributed by atoms with Crippen molar-refractivity contribution in [1.29, 1.82) is 0 Å². The molecule has 9 heteroatoms. The summed E-state index contributed by atoms with van der Waals surface area (Å²) in [6.45, 7) is 0.377. The number of allylic oxidation sites excluding steroid dienone is 7. The van der Waals surface area contributed by atoms with Crippen LogP contribution in [0.4, 0.5) is 0 Å². The van der Waals surface area contributed by atoms with E-state index in [2.05, 4.69) is 4.98 Å². The van der Waals surface area contributed by atoms with Crippen molar-refractivity contribution in [1.82, 2.24) is 4.98 Å². The lowest BCUT2D eigenvalue weighted by atomic mass is 9.92. The zero-order valence-electron chi connectivity index (χ0n) is 16.7. The molecule has 0 radical (unpaired) electrons. The molecule has 3 aliphatic rings. The van der Waals surface area contributed by atoms with Crippen molar-refractivity contribution in [3.8, 4) is 0 Å². The third-order valence-corrected chi connectivity index (χ3v) is 7.00. The highest BCUT2D eigenvalue weighted by atomic mass is 32.2. The summed E-state index contributed by atoms with van der Waals surface area (Å²) < 4.78 is 1.95. The third-order valence-electron chi connectivity index (χ3n) is 5.52. The molecule has 2 aliphatic carbocycles. The van der Waals surface area contributed by atoms with Crippen molar-refractivity contribution < 1.29 is 19.6 Å². The van der Waals surface area contributed by atoms with Crippen LogP contribution >= 0.6 is 11.8 Å². The minimum Gasteiger partial charge on any atom is -0.417 e. The molecule has 0 fully saturated rings. The van der Waals surface area contributed by atoms with Crippen LogP contribution in [0.1, 0.15) is 16.8 Å². The number of thioether (sulfide) groups is 1. The number of hydrogen-bond donors (Lipinski definition) is 1. The fourth-order valence-corrected chi connectivity index (χ4v) is 5.70. The Morgan fingerprint density at radius 2 is 1.91 bits per heavy atom. The van der Waals surface area contributed by atoms with Gasteiger partial charge in [0.15, 0.2) is 6.54 Å². The van der Waals surface area contributed by atoms with Gasteiger partial charge in [0.25, 0.3) is 5.71 Å². The first-order valence-corrected chi connectivity index (χ1v) is 10.6. The standard InChI is InChI=1S/C23H17N4O4S/c28-26(29)19-14-21(27(30)31)23(22-17(19)10-7-13-24-22)25(15-16-8-3-1-4-9-16)18-11-5-2-6-12-20(18)32-23/h1-14H,15H2,(H,28,29)/q+1/t23-/m0/s1. The van der Waals surface area contributed by atoms with Gasteiger partial charge in [0.1, 0.15) is 5.69 Å². The number of nitrogens with zero attached hydrogens (tertiary/aromatic N) is 4. The van der Waals surface area contributed by atoms with Crippen LogP contribution in [-0.4, -0.2) is 36.0 Å². The molecule has 1 aromatic heterocycles. The van der Waals surface area contributed by atoms with E-state index in [0.29, 0.717) is 17.8 Å². The van der Waals surface area contributed by atoms with Gasteiger partial charge in [0, 0.05) is 22.7 Å². The van der Waals surface area contributed by atoms with Gasteiger partial charge in [-0.1, -0.05) is 48.6 Å². The second kappa shape index (κ2) is 7.61. The van der Waals surface area contributed by atoms with E-state index >= 15 is 0 Å². The first-order chi connectivity index (χ1) is 15.5. The van der Waals surface area contributed by atoms with Gasteiger partial charge in [0.05, 0.1) is 21.5 Å². The molecule has 2 aromatic rings. The predicted octanol–water partition coefficient (Wildman–Crippen LogP) is 3.51. The normalized spacial score (nSPS) is 22.8. The Kier molecular flexibility index (Phi) is 4.75. The molecule has 0 amide bonds. The fraction of sp³-hybridized carbons (Fsp3) is 0.0870. The maximum absolute atomic E-state index is 12.4. The van der Waals surface area contributed by atoms with E-state index < -0.39 is 9.79 Å². The zero-order chi connectivity index (χ0) is 22.3. The maximum atomic E-state index is 12.4. The second-order valence-corrected chi connectivity index (χ2v) is 8.56. The predicted molar refractivity (Wildman–Crippen MR) is 120 cm³/mol. The molecule has 0 saturated carbocycles. The van der Waals surface area contributed by atoms with Gasteiger partial charge in [-0.2, -0.15) is 4.58 Å². The second-order valence-electron chi connectivity index (χ2n) is 7.32. The van der Waals surface area contributed by atoms with E-state index in [0.717, 1.165) is 22.3 Å². The van der Waals surface area contributed by atoms with Gasteiger partial charge < -0.3 is 5.21 Å². The van der Waals surface area contributed by atoms with Gasteiger partial charge in [-0.05, 0) is 30.0 Å². The maximum Gasteiger partial charge on any atom is 0.347 e. The van der Waals surface area contributed by atoms with Gasteiger partial charge in [-0.25, -0.2) is 0 Å². The molecule has 1 N–H and O–H groups in total. The zero-order valence-corrected chi connectivity index (χ0v) is 17.5. The highest BCUT2D eigenvalue weighted by molar-refractivity contribution is 8.05. The van der Waals surface area contributed by atoms with E-state index in [-0.39, 0.29) is 16.3 Å². The Morgan fingerprint density at radius 3 is 2.66 bits per heavy atom. The first kappa shape index (κ1) is 20.0. The van der Waals surface area contributed by atoms with Crippen molar-refractivity contribution in [2.75, 3.05) is 0 Å². The molecule has 8 nitrogen and oxygen atoms in total. The lowest BCUT2D eigenvalue weighted by molar-refractivity contribution is -0.725. The third kappa shape index (κ3) is 2.97. The minimum absolute atomic E-state index is 0.216. The SMILES string of the molecule is O=[N+]([O-])C1=CC(=[N+]([O-])O)c2cccnc2[C@@]12SC1=CC=CC=CC1=[N+]2Cc1ccccc1. The average molecular weight is 445 g/mol. The summed E-state index contributed by atoms with van der Waals surface area (Å²) in [5, 5.41) is 33.9. The van der Waals surface area contributed by atoms with Gasteiger partial charge >= 0.3 is 10.6 Å². The van der Waals surface area contributed by atoms with Crippen LogP contribution < -0.4 is 0 Å². The highest BCUT2D eigenvalue weighted by Crippen LogP contribution is 2.55. The highest BCUT2D eigenvalue weighted by Gasteiger charge is 2.66. The van der Waals surface area contributed by atoms with Crippen LogP contribution in [0.25, 0.3) is 0 Å². The van der Waals surface area contributed by atoms with Crippen LogP contribution in [0.15, 0.2) is 95.7 Å². The van der Waals surface area contributed by atoms with E-state index in [4.69, 9.17) is 0 Å². The topological polar surface area (TPSA) is 105 Å². The Labute approximate surface area is 187 Å². The van der Waals surface area contributed by atoms with Crippen molar-refractivity contribution in [2.45, 2.75) is 11.4 Å². The summed E-state index contributed by atoms with van der Waals surface area (Å²) in [7, 11) is 0. The van der Waals surface area contributed by atoms with Crippen LogP contribution in [0.5, 0.6) is 0 Å². The van der Waals surface area contributed by atoms with Gasteiger partial charge in [-0.15, -0.1) is 0 Å². The number of rotatable bonds is 3. The number of hydrogen-bond acceptors (Lipinski definition) is 6. The Hall–Kier alpha value is -3.98. The Bertz CT molecular complexity index is 1320. The number of nitro groups is 1. The van der Waals surface area contributed by atoms with Crippen molar-refractivity contribution in [3.63, 3.8) is 0 Å². The minimum atomic E-state index is -1.33. The number of aromatic nitrogens is 1. The number of benzene rings is 1. The molecule has 0 bridgehead atoms. The molecule has 0 saturated heterocycles. The number of fused-ring (bicyclic) bond motifs is 3. The molecule has 158 valence electrons. The summed E-state index contributed by atoms with van der Waals surface area (Å²) in [5.41, 5.74) is 2.01. The summed E-state index contributed by atoms with van der Waals surface area (Å²) in [5.74, 6) is 0. The summed E-state index contributed by atoms with van der Waals surface area (Å²) in [4.78, 5) is 15.5. The molecule has 1 atom stereocenters. The first-order valence-electron chi connectivity index (χ1n) is 9.81. The molecule has 1 spiro atoms. The smallest absolute Gasteiger partial charge is 0.347 e. The summed E-state index contributed by atoms with van der Waals surface area (Å²) in [6.07, 6.45) is 12.2. The van der Waals surface area contributed by atoms with E-state index in [1.54, 1.807) is 12.1 Å². The molecule has 1 aromatic carbocycles. The van der Waals surface area contributed by atoms with E-state index in [1.165, 1.54) is 18.0 Å². The van der Waals surface area contributed by atoms with Gasteiger partial charge in [0.2, 0.25) is 5.71 Å². The van der Waals surface area contributed by atoms with Crippen LogP contribution in [0.2, 0.25) is 0 Å². The molecule has 32 heavy (non-hydrogen) atoms. The fourth-order valence-electron chi connectivity index (χ4n) is 4.19. The quantitative estimate of drug-likeness (QED) is 0.255. The monoisotopic (exact) mass is 445 g/mol. The summed E-state index contributed by atoms with van der Waals surface area (Å²) >= 11 is 1.31. The Balaban J connectivity index is 1.85. The van der Waals surface area contributed by atoms with E-state index in [1.807, 2.05) is 65.3 Å².